The van der Waals surface area contributed by atoms with E-state index in [1.54, 1.807) is 13.8 Å². The molecule has 10 heteroatoms. The molecule has 1 heterocycles. The first-order valence-electron chi connectivity index (χ1n) is 8.73. The van der Waals surface area contributed by atoms with Crippen molar-refractivity contribution in [1.29, 1.82) is 0 Å². The summed E-state index contributed by atoms with van der Waals surface area (Å²) in [5.74, 6) is -1.77. The van der Waals surface area contributed by atoms with Gasteiger partial charge in [0, 0.05) is 5.56 Å². The maximum absolute atomic E-state index is 13.1. The third kappa shape index (κ3) is 4.46. The van der Waals surface area contributed by atoms with Crippen LogP contribution in [0.2, 0.25) is 5.02 Å². The van der Waals surface area contributed by atoms with Crippen LogP contribution in [-0.2, 0) is 15.8 Å². The maximum Gasteiger partial charge on any atom is 0.416 e. The van der Waals surface area contributed by atoms with Crippen molar-refractivity contribution in [3.63, 3.8) is 0 Å². The molecule has 1 aliphatic rings. The van der Waals surface area contributed by atoms with Crippen LogP contribution in [0.5, 0.6) is 0 Å². The number of hydrogen-bond donors (Lipinski definition) is 1. The first-order valence-corrected chi connectivity index (χ1v) is 9.10. The fourth-order valence-electron chi connectivity index (χ4n) is 2.95. The Kier molecular flexibility index (Phi) is 5.60. The van der Waals surface area contributed by atoms with Crippen molar-refractivity contribution < 1.29 is 27.2 Å². The van der Waals surface area contributed by atoms with Crippen molar-refractivity contribution in [2.24, 2.45) is 4.99 Å². The molecule has 0 aliphatic carbocycles. The van der Waals surface area contributed by atoms with Crippen molar-refractivity contribution in [3.8, 4) is 0 Å². The molecule has 0 radical (unpaired) electrons. The maximum atomic E-state index is 13.1. The van der Waals surface area contributed by atoms with E-state index in [0.717, 1.165) is 18.2 Å². The molecule has 2 amide bonds. The molecule has 0 spiro atoms. The Hall–Kier alpha value is -2.94. The van der Waals surface area contributed by atoms with Crippen LogP contribution < -0.4 is 5.32 Å². The van der Waals surface area contributed by atoms with Gasteiger partial charge in [0.15, 0.2) is 0 Å². The third-order valence-corrected chi connectivity index (χ3v) is 4.81. The average Bonchev–Trinajstić information content (AvgIpc) is 2.87. The standard InChI is InChI=1S/C20H16ClF4N3O2/c1-19(2)27-17(11-3-6-13(22)7-4-11)18(30)28(19)10-16(29)26-15-9-12(20(23,24)25)5-8-14(15)21/h3-9H,10H2,1-2H3,(H,26,29). The summed E-state index contributed by atoms with van der Waals surface area (Å²) in [6, 6.07) is 7.71. The fraction of sp³-hybridized carbons (Fsp3) is 0.250. The van der Waals surface area contributed by atoms with Crippen molar-refractivity contribution in [3.05, 3.63) is 64.4 Å². The Bertz CT molecular complexity index is 1030. The molecule has 0 saturated carbocycles. The van der Waals surface area contributed by atoms with E-state index in [4.69, 9.17) is 11.6 Å². The van der Waals surface area contributed by atoms with E-state index >= 15 is 0 Å². The van der Waals surface area contributed by atoms with Crippen LogP contribution in [0, 0.1) is 5.82 Å². The Morgan fingerprint density at radius 1 is 1.17 bits per heavy atom. The van der Waals surface area contributed by atoms with Crippen molar-refractivity contribution in [2.75, 3.05) is 11.9 Å². The highest BCUT2D eigenvalue weighted by molar-refractivity contribution is 6.47. The van der Waals surface area contributed by atoms with Gasteiger partial charge >= 0.3 is 6.18 Å². The number of rotatable bonds is 4. The number of anilines is 1. The van der Waals surface area contributed by atoms with Gasteiger partial charge in [0.05, 0.1) is 16.3 Å². The number of hydrogen-bond acceptors (Lipinski definition) is 3. The number of carbonyl (C=O) groups is 2. The third-order valence-electron chi connectivity index (χ3n) is 4.48. The quantitative estimate of drug-likeness (QED) is 0.710. The summed E-state index contributed by atoms with van der Waals surface area (Å²) in [7, 11) is 0. The summed E-state index contributed by atoms with van der Waals surface area (Å²) < 4.78 is 51.8. The topological polar surface area (TPSA) is 61.8 Å². The predicted molar refractivity (Wildman–Crippen MR) is 104 cm³/mol. The van der Waals surface area contributed by atoms with Crippen LogP contribution in [0.4, 0.5) is 23.2 Å². The number of nitrogens with zero attached hydrogens (tertiary/aromatic N) is 2. The second-order valence-corrected chi connectivity index (χ2v) is 7.50. The lowest BCUT2D eigenvalue weighted by atomic mass is 10.1. The van der Waals surface area contributed by atoms with E-state index < -0.39 is 41.6 Å². The summed E-state index contributed by atoms with van der Waals surface area (Å²) in [6.45, 7) is 2.74. The number of amides is 2. The molecule has 2 aromatic carbocycles. The minimum absolute atomic E-state index is 0.0601. The smallest absolute Gasteiger partial charge is 0.323 e. The monoisotopic (exact) mass is 441 g/mol. The first-order chi connectivity index (χ1) is 13.9. The predicted octanol–water partition coefficient (Wildman–Crippen LogP) is 4.50. The number of alkyl halides is 3. The molecular weight excluding hydrogens is 426 g/mol. The van der Waals surface area contributed by atoms with Gasteiger partial charge in [-0.3, -0.25) is 14.6 Å². The first kappa shape index (κ1) is 21.8. The minimum Gasteiger partial charge on any atom is -0.323 e. The zero-order chi connectivity index (χ0) is 22.3. The van der Waals surface area contributed by atoms with E-state index in [2.05, 4.69) is 10.3 Å². The average molecular weight is 442 g/mol. The van der Waals surface area contributed by atoms with E-state index in [0.29, 0.717) is 5.56 Å². The molecular formula is C20H16ClF4N3O2. The Labute approximate surface area is 174 Å². The highest BCUT2D eigenvalue weighted by Gasteiger charge is 2.41. The molecule has 0 aromatic heterocycles. The molecule has 1 aliphatic heterocycles. The lowest BCUT2D eigenvalue weighted by Crippen LogP contribution is -2.46. The molecule has 1 N–H and O–H groups in total. The highest BCUT2D eigenvalue weighted by atomic mass is 35.5. The number of nitrogens with one attached hydrogen (secondary N) is 1. The number of aliphatic imine (C=N–C) groups is 1. The van der Waals surface area contributed by atoms with Crippen molar-refractivity contribution >= 4 is 34.8 Å². The van der Waals surface area contributed by atoms with E-state index in [-0.39, 0.29) is 16.4 Å². The minimum atomic E-state index is -4.60. The molecule has 3 rings (SSSR count). The molecule has 0 fully saturated rings. The van der Waals surface area contributed by atoms with Gasteiger partial charge in [0.25, 0.3) is 5.91 Å². The van der Waals surface area contributed by atoms with E-state index in [9.17, 15) is 27.2 Å². The molecule has 0 saturated heterocycles. The van der Waals surface area contributed by atoms with Crippen LogP contribution >= 0.6 is 11.6 Å². The van der Waals surface area contributed by atoms with Crippen molar-refractivity contribution in [1.82, 2.24) is 4.90 Å². The van der Waals surface area contributed by atoms with Crippen LogP contribution in [0.1, 0.15) is 25.0 Å². The van der Waals surface area contributed by atoms with Crippen LogP contribution in [-0.4, -0.2) is 34.6 Å². The number of carbonyl (C=O) groups excluding carboxylic acids is 2. The van der Waals surface area contributed by atoms with Gasteiger partial charge in [-0.1, -0.05) is 11.6 Å². The lowest BCUT2D eigenvalue weighted by Gasteiger charge is -2.28. The number of halogens is 5. The normalized spacial score (nSPS) is 15.9. The number of benzene rings is 2. The van der Waals surface area contributed by atoms with Crippen LogP contribution in [0.25, 0.3) is 0 Å². The fourth-order valence-corrected chi connectivity index (χ4v) is 3.11. The second-order valence-electron chi connectivity index (χ2n) is 7.09. The molecule has 2 aromatic rings. The van der Waals surface area contributed by atoms with Crippen molar-refractivity contribution in [2.45, 2.75) is 25.7 Å². The van der Waals surface area contributed by atoms with Crippen LogP contribution in [0.15, 0.2) is 47.5 Å². The summed E-state index contributed by atoms with van der Waals surface area (Å²) in [4.78, 5) is 30.7. The highest BCUT2D eigenvalue weighted by Crippen LogP contribution is 2.34. The Balaban J connectivity index is 1.77. The molecule has 5 nitrogen and oxygen atoms in total. The zero-order valence-corrected chi connectivity index (χ0v) is 16.6. The second kappa shape index (κ2) is 7.71. The molecule has 30 heavy (non-hydrogen) atoms. The molecule has 158 valence electrons. The van der Waals surface area contributed by atoms with Gasteiger partial charge in [0.1, 0.15) is 23.7 Å². The zero-order valence-electron chi connectivity index (χ0n) is 15.8. The summed E-state index contributed by atoms with van der Waals surface area (Å²) in [6.07, 6.45) is -4.60. The Morgan fingerprint density at radius 2 is 1.80 bits per heavy atom. The van der Waals surface area contributed by atoms with Crippen LogP contribution in [0.3, 0.4) is 0 Å². The SMILES string of the molecule is CC1(C)N=C(c2ccc(F)cc2)C(=O)N1CC(=O)Nc1cc(C(F)(F)F)ccc1Cl. The lowest BCUT2D eigenvalue weighted by molar-refractivity contribution is -0.137. The largest absolute Gasteiger partial charge is 0.416 e. The van der Waals surface area contributed by atoms with Gasteiger partial charge in [-0.2, -0.15) is 13.2 Å². The van der Waals surface area contributed by atoms with E-state index in [1.807, 2.05) is 0 Å². The molecule has 0 unspecified atom stereocenters. The summed E-state index contributed by atoms with van der Waals surface area (Å²) in [5, 5.41) is 2.23. The van der Waals surface area contributed by atoms with Gasteiger partial charge in [-0.25, -0.2) is 4.39 Å². The molecule has 0 atom stereocenters. The van der Waals surface area contributed by atoms with Gasteiger partial charge < -0.3 is 10.2 Å². The van der Waals surface area contributed by atoms with E-state index in [1.165, 1.54) is 29.2 Å². The summed E-state index contributed by atoms with van der Waals surface area (Å²) >= 11 is 5.89. The summed E-state index contributed by atoms with van der Waals surface area (Å²) in [5.41, 5.74) is -1.83. The van der Waals surface area contributed by atoms with Gasteiger partial charge in [-0.15, -0.1) is 0 Å². The molecule has 0 bridgehead atoms. The Morgan fingerprint density at radius 3 is 2.40 bits per heavy atom. The van der Waals surface area contributed by atoms with Gasteiger partial charge in [0.2, 0.25) is 5.91 Å². The van der Waals surface area contributed by atoms with Gasteiger partial charge in [-0.05, 0) is 56.3 Å².